The van der Waals surface area contributed by atoms with E-state index >= 15 is 0 Å². The van der Waals surface area contributed by atoms with E-state index in [-0.39, 0.29) is 5.54 Å². The van der Waals surface area contributed by atoms with Crippen LogP contribution in [0, 0.1) is 0 Å². The van der Waals surface area contributed by atoms with Gasteiger partial charge in [-0.25, -0.2) is 0 Å². The Balaban J connectivity index is 2.24. The van der Waals surface area contributed by atoms with Crippen LogP contribution in [0.2, 0.25) is 0 Å². The van der Waals surface area contributed by atoms with Crippen molar-refractivity contribution in [3.05, 3.63) is 29.8 Å². The molecule has 0 bridgehead atoms. The number of amidine groups is 1. The first kappa shape index (κ1) is 12.3. The molecule has 0 radical (unpaired) electrons. The summed E-state index contributed by atoms with van der Waals surface area (Å²) in [6.45, 7) is 4.81. The molecule has 0 spiro atoms. The van der Waals surface area contributed by atoms with Crippen LogP contribution in [-0.4, -0.2) is 17.5 Å². The van der Waals surface area contributed by atoms with Crippen LogP contribution in [-0.2, 0) is 5.54 Å². The van der Waals surface area contributed by atoms with Gasteiger partial charge in [0.15, 0.2) is 5.17 Å². The summed E-state index contributed by atoms with van der Waals surface area (Å²) in [7, 11) is 0. The summed E-state index contributed by atoms with van der Waals surface area (Å²) in [6.07, 6.45) is 1.02. The van der Waals surface area contributed by atoms with Crippen LogP contribution < -0.4 is 10.5 Å². The molecule has 1 heterocycles. The molecule has 92 valence electrons. The van der Waals surface area contributed by atoms with Gasteiger partial charge in [0.2, 0.25) is 0 Å². The summed E-state index contributed by atoms with van der Waals surface area (Å²) in [4.78, 5) is 4.58. The summed E-state index contributed by atoms with van der Waals surface area (Å²) in [5.74, 6) is 1.93. The van der Waals surface area contributed by atoms with Crippen molar-refractivity contribution in [1.29, 1.82) is 0 Å². The fourth-order valence-corrected chi connectivity index (χ4v) is 2.95. The van der Waals surface area contributed by atoms with Gasteiger partial charge in [0.1, 0.15) is 5.75 Å². The summed E-state index contributed by atoms with van der Waals surface area (Å²) >= 11 is 1.63. The van der Waals surface area contributed by atoms with E-state index in [0.29, 0.717) is 11.8 Å². The molecule has 1 aromatic carbocycles. The van der Waals surface area contributed by atoms with E-state index in [9.17, 15) is 0 Å². The van der Waals surface area contributed by atoms with Crippen molar-refractivity contribution in [2.45, 2.75) is 25.8 Å². The minimum Gasteiger partial charge on any atom is -0.494 e. The molecule has 17 heavy (non-hydrogen) atoms. The second-order valence-corrected chi connectivity index (χ2v) is 5.39. The van der Waals surface area contributed by atoms with Crippen LogP contribution in [0.4, 0.5) is 0 Å². The summed E-state index contributed by atoms with van der Waals surface area (Å²) in [5.41, 5.74) is 6.83. The van der Waals surface area contributed by atoms with Gasteiger partial charge in [0.25, 0.3) is 0 Å². The van der Waals surface area contributed by atoms with Gasteiger partial charge in [0, 0.05) is 5.75 Å². The molecule has 0 aromatic heterocycles. The Morgan fingerprint density at radius 1 is 1.41 bits per heavy atom. The van der Waals surface area contributed by atoms with Gasteiger partial charge in [-0.3, -0.25) is 4.99 Å². The van der Waals surface area contributed by atoms with Crippen LogP contribution in [0.25, 0.3) is 0 Å². The van der Waals surface area contributed by atoms with Gasteiger partial charge in [-0.05, 0) is 38.0 Å². The summed E-state index contributed by atoms with van der Waals surface area (Å²) in [6, 6.07) is 8.16. The lowest BCUT2D eigenvalue weighted by Crippen LogP contribution is -2.28. The molecule has 0 saturated heterocycles. The zero-order valence-corrected chi connectivity index (χ0v) is 11.1. The van der Waals surface area contributed by atoms with Crippen LogP contribution in [0.3, 0.4) is 0 Å². The lowest BCUT2D eigenvalue weighted by molar-refractivity contribution is 0.340. The van der Waals surface area contributed by atoms with E-state index < -0.39 is 0 Å². The van der Waals surface area contributed by atoms with Crippen molar-refractivity contribution < 1.29 is 4.74 Å². The molecule has 2 N–H and O–H groups in total. The molecule has 3 nitrogen and oxygen atoms in total. The fourth-order valence-electron chi connectivity index (χ4n) is 1.97. The van der Waals surface area contributed by atoms with Gasteiger partial charge < -0.3 is 10.5 Å². The third kappa shape index (κ3) is 2.75. The first-order chi connectivity index (χ1) is 8.14. The number of thioether (sulfide) groups is 1. The molecule has 1 aromatic rings. The van der Waals surface area contributed by atoms with Crippen molar-refractivity contribution in [3.63, 3.8) is 0 Å². The number of nitrogens with two attached hydrogens (primary N) is 1. The van der Waals surface area contributed by atoms with Gasteiger partial charge in [-0.1, -0.05) is 23.9 Å². The highest BCUT2D eigenvalue weighted by Crippen LogP contribution is 2.35. The highest BCUT2D eigenvalue weighted by Gasteiger charge is 2.29. The molecule has 0 saturated carbocycles. The molecule has 1 aliphatic heterocycles. The topological polar surface area (TPSA) is 47.6 Å². The van der Waals surface area contributed by atoms with Crippen LogP contribution in [0.1, 0.15) is 25.8 Å². The molecule has 4 heteroatoms. The van der Waals surface area contributed by atoms with Crippen molar-refractivity contribution in [2.24, 2.45) is 10.7 Å². The fraction of sp³-hybridized carbons (Fsp3) is 0.462. The quantitative estimate of drug-likeness (QED) is 0.897. The van der Waals surface area contributed by atoms with Crippen LogP contribution in [0.15, 0.2) is 29.3 Å². The van der Waals surface area contributed by atoms with E-state index in [0.717, 1.165) is 17.9 Å². The first-order valence-electron chi connectivity index (χ1n) is 5.85. The number of aliphatic imine (C=N–C) groups is 1. The maximum Gasteiger partial charge on any atom is 0.154 e. The predicted octanol–water partition coefficient (Wildman–Crippen LogP) is 2.75. The Morgan fingerprint density at radius 3 is 2.71 bits per heavy atom. The Bertz CT molecular complexity index is 416. The van der Waals surface area contributed by atoms with E-state index in [4.69, 9.17) is 10.5 Å². The third-order valence-electron chi connectivity index (χ3n) is 2.98. The molecule has 0 amide bonds. The molecule has 0 fully saturated rings. The third-order valence-corrected chi connectivity index (χ3v) is 3.78. The highest BCUT2D eigenvalue weighted by atomic mass is 32.2. The average Bonchev–Trinajstić information content (AvgIpc) is 2.30. The van der Waals surface area contributed by atoms with Crippen molar-refractivity contribution in [2.75, 3.05) is 12.4 Å². The van der Waals surface area contributed by atoms with Crippen LogP contribution >= 0.6 is 11.8 Å². The SMILES string of the molecule is CCOc1ccc([C@@]2(C)CCSC(N)=N2)cc1. The van der Waals surface area contributed by atoms with Crippen molar-refractivity contribution in [3.8, 4) is 5.75 Å². The number of hydrogen-bond acceptors (Lipinski definition) is 4. The zero-order valence-electron chi connectivity index (χ0n) is 10.3. The van der Waals surface area contributed by atoms with Gasteiger partial charge in [-0.2, -0.15) is 0 Å². The largest absolute Gasteiger partial charge is 0.494 e. The average molecular weight is 250 g/mol. The molecule has 0 aliphatic carbocycles. The first-order valence-corrected chi connectivity index (χ1v) is 6.84. The second-order valence-electron chi connectivity index (χ2n) is 4.28. The van der Waals surface area contributed by atoms with Crippen molar-refractivity contribution in [1.82, 2.24) is 0 Å². The lowest BCUT2D eigenvalue weighted by Gasteiger charge is -2.29. The van der Waals surface area contributed by atoms with Gasteiger partial charge >= 0.3 is 0 Å². The van der Waals surface area contributed by atoms with E-state index in [2.05, 4.69) is 24.0 Å². The van der Waals surface area contributed by atoms with E-state index in [1.807, 2.05) is 19.1 Å². The summed E-state index contributed by atoms with van der Waals surface area (Å²) in [5, 5.41) is 0.688. The van der Waals surface area contributed by atoms with Crippen molar-refractivity contribution >= 4 is 16.9 Å². The number of rotatable bonds is 3. The Hall–Kier alpha value is -1.16. The van der Waals surface area contributed by atoms with Gasteiger partial charge in [-0.15, -0.1) is 0 Å². The predicted molar refractivity (Wildman–Crippen MR) is 73.7 cm³/mol. The molecule has 1 atom stereocenters. The van der Waals surface area contributed by atoms with Gasteiger partial charge in [0.05, 0.1) is 12.1 Å². The molecular formula is C13H18N2OS. The molecule has 0 unspecified atom stereocenters. The van der Waals surface area contributed by atoms with Crippen LogP contribution in [0.5, 0.6) is 5.75 Å². The molecule has 2 rings (SSSR count). The second kappa shape index (κ2) is 5.00. The normalized spacial score (nSPS) is 24.2. The number of ether oxygens (including phenoxy) is 1. The minimum atomic E-state index is -0.180. The maximum atomic E-state index is 5.81. The highest BCUT2D eigenvalue weighted by molar-refractivity contribution is 8.13. The maximum absolute atomic E-state index is 5.81. The number of hydrogen-bond donors (Lipinski definition) is 1. The zero-order chi connectivity index (χ0) is 12.3. The lowest BCUT2D eigenvalue weighted by atomic mass is 9.90. The Labute approximate surface area is 106 Å². The number of benzene rings is 1. The van der Waals surface area contributed by atoms with E-state index in [1.54, 1.807) is 11.8 Å². The molecular weight excluding hydrogens is 232 g/mol. The standard InChI is InChI=1S/C13H18N2OS/c1-3-16-11-6-4-10(5-7-11)13(2)8-9-17-12(14)15-13/h4-7H,3,8-9H2,1-2H3,(H2,14,15)/t13-/m1/s1. The monoisotopic (exact) mass is 250 g/mol. The Kier molecular flexibility index (Phi) is 3.62. The number of nitrogens with zero attached hydrogens (tertiary/aromatic N) is 1. The Morgan fingerprint density at radius 2 is 2.12 bits per heavy atom. The van der Waals surface area contributed by atoms with E-state index in [1.165, 1.54) is 5.56 Å². The minimum absolute atomic E-state index is 0.180. The summed E-state index contributed by atoms with van der Waals surface area (Å²) < 4.78 is 5.44. The molecule has 1 aliphatic rings. The smallest absolute Gasteiger partial charge is 0.154 e.